The van der Waals surface area contributed by atoms with Gasteiger partial charge in [0, 0.05) is 38.1 Å². The van der Waals surface area contributed by atoms with Crippen molar-refractivity contribution in [2.24, 2.45) is 11.7 Å². The molecule has 0 bridgehead atoms. The standard InChI is InChI=1S/C20H32N4O/c1-2-23-10-8-18(9-11-23)22-20(25)15-24-13-17(12-21)19(14-24)16-6-4-3-5-7-16/h3-7,17-19H,2,8-15,21H2,1H3,(H,22,25)/t17-,19+/m1/s1. The summed E-state index contributed by atoms with van der Waals surface area (Å²) in [6, 6.07) is 10.9. The van der Waals surface area contributed by atoms with Gasteiger partial charge >= 0.3 is 0 Å². The molecule has 1 aromatic carbocycles. The molecule has 0 unspecified atom stereocenters. The molecule has 0 radical (unpaired) electrons. The van der Waals surface area contributed by atoms with E-state index in [4.69, 9.17) is 5.73 Å². The number of nitrogens with zero attached hydrogens (tertiary/aromatic N) is 2. The number of carbonyl (C=O) groups excluding carboxylic acids is 1. The Morgan fingerprint density at radius 2 is 1.88 bits per heavy atom. The minimum absolute atomic E-state index is 0.166. The van der Waals surface area contributed by atoms with Crippen molar-refractivity contribution in [1.82, 2.24) is 15.1 Å². The Bertz CT molecular complexity index is 542. The quantitative estimate of drug-likeness (QED) is 0.816. The Hall–Kier alpha value is -1.43. The highest BCUT2D eigenvalue weighted by Gasteiger charge is 2.33. The molecule has 0 aromatic heterocycles. The molecular formula is C20H32N4O. The predicted octanol–water partition coefficient (Wildman–Crippen LogP) is 1.26. The number of hydrogen-bond acceptors (Lipinski definition) is 4. The summed E-state index contributed by atoms with van der Waals surface area (Å²) in [5.41, 5.74) is 7.34. The number of nitrogens with two attached hydrogens (primary N) is 1. The molecule has 1 amide bonds. The van der Waals surface area contributed by atoms with E-state index in [1.807, 2.05) is 6.07 Å². The number of carbonyl (C=O) groups is 1. The highest BCUT2D eigenvalue weighted by molar-refractivity contribution is 5.78. The van der Waals surface area contributed by atoms with Gasteiger partial charge in [-0.05, 0) is 37.4 Å². The topological polar surface area (TPSA) is 61.6 Å². The Morgan fingerprint density at radius 3 is 2.52 bits per heavy atom. The maximum Gasteiger partial charge on any atom is 0.234 e. The molecule has 5 heteroatoms. The van der Waals surface area contributed by atoms with Gasteiger partial charge in [-0.3, -0.25) is 9.69 Å². The summed E-state index contributed by atoms with van der Waals surface area (Å²) in [6.45, 7) is 8.50. The van der Waals surface area contributed by atoms with Gasteiger partial charge in [0.1, 0.15) is 0 Å². The third-order valence-corrected chi connectivity index (χ3v) is 5.81. The average Bonchev–Trinajstić information content (AvgIpc) is 3.05. The first kappa shape index (κ1) is 18.4. The molecule has 2 aliphatic rings. The van der Waals surface area contributed by atoms with Crippen LogP contribution in [0.3, 0.4) is 0 Å². The first-order chi connectivity index (χ1) is 12.2. The van der Waals surface area contributed by atoms with Crippen LogP contribution in [-0.4, -0.2) is 67.6 Å². The van der Waals surface area contributed by atoms with Gasteiger partial charge in [-0.25, -0.2) is 0 Å². The van der Waals surface area contributed by atoms with E-state index < -0.39 is 0 Å². The van der Waals surface area contributed by atoms with Crippen LogP contribution in [0.15, 0.2) is 30.3 Å². The molecule has 2 atom stereocenters. The van der Waals surface area contributed by atoms with Gasteiger partial charge in [0.05, 0.1) is 6.54 Å². The van der Waals surface area contributed by atoms with Crippen molar-refractivity contribution in [2.45, 2.75) is 31.7 Å². The first-order valence-corrected chi connectivity index (χ1v) is 9.68. The Morgan fingerprint density at radius 1 is 1.16 bits per heavy atom. The number of amides is 1. The molecule has 5 nitrogen and oxygen atoms in total. The van der Waals surface area contributed by atoms with Gasteiger partial charge < -0.3 is 16.0 Å². The van der Waals surface area contributed by atoms with E-state index in [0.717, 1.165) is 45.6 Å². The van der Waals surface area contributed by atoms with Crippen LogP contribution in [0.4, 0.5) is 0 Å². The fourth-order valence-corrected chi connectivity index (χ4v) is 4.28. The van der Waals surface area contributed by atoms with Gasteiger partial charge in [-0.15, -0.1) is 0 Å². The highest BCUT2D eigenvalue weighted by atomic mass is 16.2. The van der Waals surface area contributed by atoms with Crippen LogP contribution in [0.1, 0.15) is 31.2 Å². The Labute approximate surface area is 151 Å². The molecule has 2 saturated heterocycles. The maximum atomic E-state index is 12.5. The number of rotatable bonds is 6. The lowest BCUT2D eigenvalue weighted by atomic mass is 9.89. The van der Waals surface area contributed by atoms with Crippen molar-refractivity contribution in [2.75, 3.05) is 45.8 Å². The van der Waals surface area contributed by atoms with Crippen molar-refractivity contribution >= 4 is 5.91 Å². The zero-order valence-corrected chi connectivity index (χ0v) is 15.4. The molecule has 3 N–H and O–H groups in total. The van der Waals surface area contributed by atoms with Crippen LogP contribution < -0.4 is 11.1 Å². The SMILES string of the molecule is CCN1CCC(NC(=O)CN2C[C@@H](CN)[C@H](c3ccccc3)C2)CC1. The predicted molar refractivity (Wildman–Crippen MR) is 101 cm³/mol. The summed E-state index contributed by atoms with van der Waals surface area (Å²) < 4.78 is 0. The van der Waals surface area contributed by atoms with Crippen LogP contribution in [0.5, 0.6) is 0 Å². The number of nitrogens with one attached hydrogen (secondary N) is 1. The molecule has 2 heterocycles. The number of hydrogen-bond donors (Lipinski definition) is 2. The van der Waals surface area contributed by atoms with E-state index in [9.17, 15) is 4.79 Å². The highest BCUT2D eigenvalue weighted by Crippen LogP contribution is 2.31. The molecule has 0 saturated carbocycles. The third-order valence-electron chi connectivity index (χ3n) is 5.81. The van der Waals surface area contributed by atoms with Gasteiger partial charge in [0.15, 0.2) is 0 Å². The number of piperidine rings is 1. The zero-order chi connectivity index (χ0) is 17.6. The van der Waals surface area contributed by atoms with E-state index in [-0.39, 0.29) is 5.91 Å². The minimum Gasteiger partial charge on any atom is -0.352 e. The van der Waals surface area contributed by atoms with Gasteiger partial charge in [-0.2, -0.15) is 0 Å². The molecular weight excluding hydrogens is 312 g/mol. The van der Waals surface area contributed by atoms with E-state index >= 15 is 0 Å². The Kier molecular flexibility index (Phi) is 6.45. The van der Waals surface area contributed by atoms with Crippen molar-refractivity contribution in [3.05, 3.63) is 35.9 Å². The lowest BCUT2D eigenvalue weighted by molar-refractivity contribution is -0.123. The summed E-state index contributed by atoms with van der Waals surface area (Å²) >= 11 is 0. The smallest absolute Gasteiger partial charge is 0.234 e. The van der Waals surface area contributed by atoms with Crippen molar-refractivity contribution < 1.29 is 4.79 Å². The van der Waals surface area contributed by atoms with Crippen molar-refractivity contribution in [3.8, 4) is 0 Å². The summed E-state index contributed by atoms with van der Waals surface area (Å²) in [5.74, 6) is 1.04. The molecule has 0 spiro atoms. The largest absolute Gasteiger partial charge is 0.352 e. The van der Waals surface area contributed by atoms with E-state index in [1.54, 1.807) is 0 Å². The maximum absolute atomic E-state index is 12.5. The molecule has 1 aromatic rings. The minimum atomic E-state index is 0.166. The van der Waals surface area contributed by atoms with Crippen LogP contribution >= 0.6 is 0 Å². The molecule has 0 aliphatic carbocycles. The summed E-state index contributed by atoms with van der Waals surface area (Å²) in [4.78, 5) is 17.2. The lowest BCUT2D eigenvalue weighted by Crippen LogP contribution is -2.47. The Balaban J connectivity index is 1.49. The molecule has 25 heavy (non-hydrogen) atoms. The second-order valence-electron chi connectivity index (χ2n) is 7.48. The van der Waals surface area contributed by atoms with Crippen LogP contribution in [-0.2, 0) is 4.79 Å². The second-order valence-corrected chi connectivity index (χ2v) is 7.48. The van der Waals surface area contributed by atoms with Gasteiger partial charge in [-0.1, -0.05) is 37.3 Å². The van der Waals surface area contributed by atoms with Crippen LogP contribution in [0.2, 0.25) is 0 Å². The molecule has 2 aliphatic heterocycles. The van der Waals surface area contributed by atoms with E-state index in [1.165, 1.54) is 5.56 Å². The zero-order valence-electron chi connectivity index (χ0n) is 15.4. The van der Waals surface area contributed by atoms with Crippen LogP contribution in [0, 0.1) is 5.92 Å². The number of likely N-dealkylation sites (tertiary alicyclic amines) is 2. The van der Waals surface area contributed by atoms with Gasteiger partial charge in [0.25, 0.3) is 0 Å². The van der Waals surface area contributed by atoms with E-state index in [0.29, 0.717) is 31.0 Å². The summed E-state index contributed by atoms with van der Waals surface area (Å²) in [7, 11) is 0. The summed E-state index contributed by atoms with van der Waals surface area (Å²) in [6.07, 6.45) is 2.13. The molecule has 138 valence electrons. The molecule has 2 fully saturated rings. The monoisotopic (exact) mass is 344 g/mol. The normalized spacial score (nSPS) is 26.0. The first-order valence-electron chi connectivity index (χ1n) is 9.68. The number of benzene rings is 1. The van der Waals surface area contributed by atoms with Crippen molar-refractivity contribution in [1.29, 1.82) is 0 Å². The van der Waals surface area contributed by atoms with E-state index in [2.05, 4.69) is 46.3 Å². The fourth-order valence-electron chi connectivity index (χ4n) is 4.28. The third kappa shape index (κ3) is 4.81. The average molecular weight is 345 g/mol. The second kappa shape index (κ2) is 8.79. The van der Waals surface area contributed by atoms with Gasteiger partial charge in [0.2, 0.25) is 5.91 Å². The lowest BCUT2D eigenvalue weighted by Gasteiger charge is -2.31. The van der Waals surface area contributed by atoms with Crippen LogP contribution in [0.25, 0.3) is 0 Å². The van der Waals surface area contributed by atoms with Crippen molar-refractivity contribution in [3.63, 3.8) is 0 Å². The fraction of sp³-hybridized carbons (Fsp3) is 0.650. The molecule has 3 rings (SSSR count). The summed E-state index contributed by atoms with van der Waals surface area (Å²) in [5, 5.41) is 3.24.